The number of benzene rings is 1. The highest BCUT2D eigenvalue weighted by Crippen LogP contribution is 2.24. The minimum absolute atomic E-state index is 0.0345. The lowest BCUT2D eigenvalue weighted by Gasteiger charge is -2.10. The molecular weight excluding hydrogens is 438 g/mol. The van der Waals surface area contributed by atoms with Crippen molar-refractivity contribution >= 4 is 40.7 Å². The summed E-state index contributed by atoms with van der Waals surface area (Å²) < 4.78 is 16.7. The Bertz CT molecular complexity index is 1090. The number of carbonyl (C=O) groups is 1. The molecule has 0 spiro atoms. The van der Waals surface area contributed by atoms with Crippen LogP contribution < -0.4 is 5.32 Å². The van der Waals surface area contributed by atoms with Gasteiger partial charge in [-0.2, -0.15) is 9.78 Å². The molecule has 2 heterocycles. The fourth-order valence-corrected chi connectivity index (χ4v) is 3.18. The van der Waals surface area contributed by atoms with Crippen LogP contribution in [0.3, 0.4) is 0 Å². The third-order valence-electron chi connectivity index (χ3n) is 4.39. The van der Waals surface area contributed by atoms with E-state index in [-0.39, 0.29) is 40.3 Å². The van der Waals surface area contributed by atoms with E-state index in [2.05, 4.69) is 15.5 Å². The molecule has 2 aromatic heterocycles. The van der Waals surface area contributed by atoms with E-state index in [1.165, 1.54) is 33.8 Å². The van der Waals surface area contributed by atoms with Crippen LogP contribution in [0.4, 0.5) is 16.0 Å². The average molecular weight is 455 g/mol. The second-order valence-electron chi connectivity index (χ2n) is 6.70. The van der Waals surface area contributed by atoms with Crippen molar-refractivity contribution in [3.63, 3.8) is 0 Å². The van der Waals surface area contributed by atoms with Crippen molar-refractivity contribution in [3.8, 4) is 0 Å². The van der Waals surface area contributed by atoms with Gasteiger partial charge in [0, 0.05) is 16.8 Å². The van der Waals surface area contributed by atoms with Gasteiger partial charge < -0.3 is 15.4 Å². The first-order chi connectivity index (χ1) is 14.2. The first kappa shape index (κ1) is 21.7. The number of rotatable bonds is 7. The summed E-state index contributed by atoms with van der Waals surface area (Å²) in [6.07, 6.45) is 1.45. The molecule has 3 rings (SSSR count). The van der Waals surface area contributed by atoms with Crippen LogP contribution in [0.5, 0.6) is 0 Å². The second kappa shape index (κ2) is 8.80. The van der Waals surface area contributed by atoms with Gasteiger partial charge in [0.15, 0.2) is 5.82 Å². The maximum Gasteiger partial charge on any atom is 0.390 e. The third kappa shape index (κ3) is 4.77. The largest absolute Gasteiger partial charge is 0.390 e. The predicted molar refractivity (Wildman–Crippen MR) is 109 cm³/mol. The molecule has 1 N–H and O–H groups in total. The van der Waals surface area contributed by atoms with E-state index in [9.17, 15) is 19.3 Å². The number of nitro groups is 1. The molecule has 1 atom stereocenters. The predicted octanol–water partition coefficient (Wildman–Crippen LogP) is 4.07. The van der Waals surface area contributed by atoms with Gasteiger partial charge in [-0.05, 0) is 24.0 Å². The Kier molecular flexibility index (Phi) is 6.37. The van der Waals surface area contributed by atoms with Gasteiger partial charge in [0.25, 0.3) is 0 Å². The molecule has 30 heavy (non-hydrogen) atoms. The van der Waals surface area contributed by atoms with E-state index in [4.69, 9.17) is 23.2 Å². The Morgan fingerprint density at radius 2 is 2.07 bits per heavy atom. The summed E-state index contributed by atoms with van der Waals surface area (Å²) in [5.41, 5.74) is 0.811. The Balaban J connectivity index is 1.69. The van der Waals surface area contributed by atoms with E-state index in [0.29, 0.717) is 5.69 Å². The summed E-state index contributed by atoms with van der Waals surface area (Å²) in [6, 6.07) is 5.69. The summed E-state index contributed by atoms with van der Waals surface area (Å²) in [5.74, 6) is -1.62. The smallest absolute Gasteiger partial charge is 0.358 e. The van der Waals surface area contributed by atoms with Crippen LogP contribution in [0.25, 0.3) is 0 Å². The van der Waals surface area contributed by atoms with Crippen molar-refractivity contribution in [2.45, 2.75) is 26.9 Å². The van der Waals surface area contributed by atoms with Gasteiger partial charge in [0.1, 0.15) is 10.8 Å². The number of nitrogens with zero attached hydrogens (tertiary/aromatic N) is 5. The average Bonchev–Trinajstić information content (AvgIpc) is 3.21. The molecule has 0 bridgehead atoms. The van der Waals surface area contributed by atoms with Crippen molar-refractivity contribution in [2.75, 3.05) is 5.32 Å². The van der Waals surface area contributed by atoms with Crippen LogP contribution in [0.15, 0.2) is 30.5 Å². The quantitative estimate of drug-likeness (QED) is 0.427. The zero-order valence-corrected chi connectivity index (χ0v) is 17.5. The summed E-state index contributed by atoms with van der Waals surface area (Å²) in [4.78, 5) is 22.8. The number of aromatic nitrogens is 4. The molecule has 0 saturated heterocycles. The first-order valence-electron chi connectivity index (χ1n) is 8.81. The first-order valence-corrected chi connectivity index (χ1v) is 9.57. The van der Waals surface area contributed by atoms with Gasteiger partial charge >= 0.3 is 5.82 Å². The Morgan fingerprint density at radius 1 is 1.33 bits per heavy atom. The number of nitrogens with one attached hydrogen (secondary N) is 1. The fourth-order valence-electron chi connectivity index (χ4n) is 2.76. The molecule has 1 aromatic carbocycles. The zero-order chi connectivity index (χ0) is 22.0. The molecule has 0 aliphatic rings. The van der Waals surface area contributed by atoms with Crippen molar-refractivity contribution in [3.05, 3.63) is 67.7 Å². The highest BCUT2D eigenvalue weighted by Gasteiger charge is 2.22. The number of hydrogen-bond donors (Lipinski definition) is 1. The second-order valence-corrected chi connectivity index (χ2v) is 7.51. The van der Waals surface area contributed by atoms with Gasteiger partial charge in [-0.3, -0.25) is 9.48 Å². The van der Waals surface area contributed by atoms with Crippen LogP contribution in [-0.2, 0) is 17.9 Å². The molecule has 158 valence electrons. The molecule has 1 amide bonds. The fraction of sp³-hybridized carbons (Fsp3) is 0.278. The molecule has 12 heteroatoms. The Labute approximate surface area is 180 Å². The van der Waals surface area contributed by atoms with Gasteiger partial charge in [-0.1, -0.05) is 36.2 Å². The standard InChI is InChI=1S/C18H17Cl2FN6O3/c1-10(7-26-11(2)6-16(23-26)27(29)30)18(28)22-17-14(20)9-25(24-17)8-12-13(19)4-3-5-15(12)21/h3-6,9-10H,7-8H2,1-2H3,(H,22,24,28). The lowest BCUT2D eigenvalue weighted by Crippen LogP contribution is -2.25. The van der Waals surface area contributed by atoms with Crippen molar-refractivity contribution in [2.24, 2.45) is 5.92 Å². The van der Waals surface area contributed by atoms with Crippen LogP contribution in [-0.4, -0.2) is 30.4 Å². The van der Waals surface area contributed by atoms with Gasteiger partial charge in [0.05, 0.1) is 35.9 Å². The summed E-state index contributed by atoms with van der Waals surface area (Å²) in [6.45, 7) is 3.48. The van der Waals surface area contributed by atoms with Gasteiger partial charge in [0.2, 0.25) is 5.91 Å². The van der Waals surface area contributed by atoms with E-state index in [1.807, 2.05) is 0 Å². The normalized spacial score (nSPS) is 12.0. The third-order valence-corrected chi connectivity index (χ3v) is 5.02. The molecule has 3 aromatic rings. The van der Waals surface area contributed by atoms with E-state index < -0.39 is 22.6 Å². The summed E-state index contributed by atoms with van der Waals surface area (Å²) >= 11 is 12.2. The van der Waals surface area contributed by atoms with Crippen LogP contribution in [0, 0.1) is 28.8 Å². The zero-order valence-electron chi connectivity index (χ0n) is 16.0. The van der Waals surface area contributed by atoms with Crippen molar-refractivity contribution in [1.29, 1.82) is 0 Å². The monoisotopic (exact) mass is 454 g/mol. The maximum atomic E-state index is 14.0. The van der Waals surface area contributed by atoms with E-state index >= 15 is 0 Å². The number of amides is 1. The van der Waals surface area contributed by atoms with Crippen LogP contribution in [0.1, 0.15) is 18.2 Å². The maximum absolute atomic E-state index is 14.0. The van der Waals surface area contributed by atoms with E-state index in [0.717, 1.165) is 0 Å². The SMILES string of the molecule is Cc1cc([N+](=O)[O-])nn1CC(C)C(=O)Nc1nn(Cc2c(F)cccc2Cl)cc1Cl. The van der Waals surface area contributed by atoms with Crippen molar-refractivity contribution < 1.29 is 14.1 Å². The number of aryl methyl sites for hydroxylation is 1. The molecule has 0 radical (unpaired) electrons. The minimum Gasteiger partial charge on any atom is -0.358 e. The summed E-state index contributed by atoms with van der Waals surface area (Å²) in [7, 11) is 0. The molecule has 9 nitrogen and oxygen atoms in total. The van der Waals surface area contributed by atoms with Crippen LogP contribution in [0.2, 0.25) is 10.0 Å². The topological polar surface area (TPSA) is 108 Å². The lowest BCUT2D eigenvalue weighted by atomic mass is 10.1. The highest BCUT2D eigenvalue weighted by molar-refractivity contribution is 6.33. The molecule has 1 unspecified atom stereocenters. The highest BCUT2D eigenvalue weighted by atomic mass is 35.5. The van der Waals surface area contributed by atoms with Gasteiger partial charge in [-0.25, -0.2) is 4.39 Å². The Hall–Kier alpha value is -2.98. The number of halogens is 3. The number of anilines is 1. The minimum atomic E-state index is -0.595. The number of hydrogen-bond acceptors (Lipinski definition) is 5. The molecule has 0 aliphatic heterocycles. The van der Waals surface area contributed by atoms with Crippen LogP contribution >= 0.6 is 23.2 Å². The molecule has 0 saturated carbocycles. The van der Waals surface area contributed by atoms with Crippen molar-refractivity contribution in [1.82, 2.24) is 19.6 Å². The number of carbonyl (C=O) groups excluding carboxylic acids is 1. The lowest BCUT2D eigenvalue weighted by molar-refractivity contribution is -0.389. The molecule has 0 fully saturated rings. The van der Waals surface area contributed by atoms with Gasteiger partial charge in [-0.15, -0.1) is 0 Å². The summed E-state index contributed by atoms with van der Waals surface area (Å²) in [5, 5.41) is 21.9. The molecular formula is C18H17Cl2FN6O3. The van der Waals surface area contributed by atoms with E-state index in [1.54, 1.807) is 19.9 Å². The molecule has 0 aliphatic carbocycles. The Morgan fingerprint density at radius 3 is 2.70 bits per heavy atom.